The first-order chi connectivity index (χ1) is 19.7. The van der Waals surface area contributed by atoms with Crippen LogP contribution in [0.4, 0.5) is 24.0 Å². The van der Waals surface area contributed by atoms with Crippen LogP contribution in [-0.2, 0) is 6.18 Å². The molecule has 0 radical (unpaired) electrons. The summed E-state index contributed by atoms with van der Waals surface area (Å²) in [5.41, 5.74) is 1.24. The van der Waals surface area contributed by atoms with Gasteiger partial charge in [-0.3, -0.25) is 9.59 Å². The number of thiazole rings is 1. The maximum atomic E-state index is 13.1. The SMILES string of the molecule is N#Cc1ccc(C(=O)NCC2CCN(c3nc(C(=O)N4CCN(c5cccc(C(F)(F)F)c5)CC4)cs3)CC2)cc1. The zero-order chi connectivity index (χ0) is 29.0. The lowest BCUT2D eigenvalue weighted by Crippen LogP contribution is -2.49. The van der Waals surface area contributed by atoms with E-state index in [-0.39, 0.29) is 11.8 Å². The van der Waals surface area contributed by atoms with Gasteiger partial charge in [-0.1, -0.05) is 6.07 Å². The molecule has 1 N–H and O–H groups in total. The number of halogens is 3. The molecule has 1 aromatic heterocycles. The van der Waals surface area contributed by atoms with Crippen LogP contribution in [0.5, 0.6) is 0 Å². The molecule has 2 aliphatic heterocycles. The minimum atomic E-state index is -4.39. The Balaban J connectivity index is 1.08. The number of rotatable bonds is 6. The van der Waals surface area contributed by atoms with E-state index >= 15 is 0 Å². The zero-order valence-electron chi connectivity index (χ0n) is 22.2. The van der Waals surface area contributed by atoms with E-state index in [9.17, 15) is 22.8 Å². The van der Waals surface area contributed by atoms with E-state index in [2.05, 4.69) is 15.2 Å². The first kappa shape index (κ1) is 28.4. The molecule has 2 saturated heterocycles. The number of amides is 2. The van der Waals surface area contributed by atoms with Crippen LogP contribution >= 0.6 is 11.3 Å². The van der Waals surface area contributed by atoms with E-state index in [0.29, 0.717) is 61.1 Å². The molecule has 0 aliphatic carbocycles. The van der Waals surface area contributed by atoms with Crippen LogP contribution < -0.4 is 15.1 Å². The Kier molecular flexibility index (Phi) is 8.44. The molecule has 2 fully saturated rings. The number of piperazine rings is 1. The number of alkyl halides is 3. The lowest BCUT2D eigenvalue weighted by atomic mass is 9.97. The van der Waals surface area contributed by atoms with Gasteiger partial charge >= 0.3 is 6.18 Å². The normalized spacial score (nSPS) is 16.4. The van der Waals surface area contributed by atoms with Crippen LogP contribution in [0.2, 0.25) is 0 Å². The predicted octanol–water partition coefficient (Wildman–Crippen LogP) is 4.64. The third-order valence-electron chi connectivity index (χ3n) is 7.53. The zero-order valence-corrected chi connectivity index (χ0v) is 23.0. The monoisotopic (exact) mass is 582 g/mol. The largest absolute Gasteiger partial charge is 0.416 e. The fourth-order valence-corrected chi connectivity index (χ4v) is 5.93. The number of benzene rings is 2. The summed E-state index contributed by atoms with van der Waals surface area (Å²) in [6.45, 7) is 3.81. The van der Waals surface area contributed by atoms with E-state index in [0.717, 1.165) is 43.2 Å². The van der Waals surface area contributed by atoms with Gasteiger partial charge in [-0.2, -0.15) is 18.4 Å². The Hall–Kier alpha value is -4.11. The second kappa shape index (κ2) is 12.2. The molecule has 2 aromatic carbocycles. The molecule has 0 unspecified atom stereocenters. The van der Waals surface area contributed by atoms with Crippen LogP contribution in [0.25, 0.3) is 0 Å². The smallest absolute Gasteiger partial charge is 0.368 e. The summed E-state index contributed by atoms with van der Waals surface area (Å²) in [4.78, 5) is 35.8. The van der Waals surface area contributed by atoms with Crippen molar-refractivity contribution in [2.75, 3.05) is 55.6 Å². The minimum absolute atomic E-state index is 0.157. The van der Waals surface area contributed by atoms with Gasteiger partial charge in [0, 0.05) is 62.4 Å². The molecule has 3 aromatic rings. The van der Waals surface area contributed by atoms with Gasteiger partial charge in [-0.15, -0.1) is 11.3 Å². The van der Waals surface area contributed by atoms with Crippen molar-refractivity contribution in [3.63, 3.8) is 0 Å². The summed E-state index contributed by atoms with van der Waals surface area (Å²) >= 11 is 1.43. The molecule has 0 spiro atoms. The van der Waals surface area contributed by atoms with Gasteiger partial charge in [-0.05, 0) is 61.2 Å². The van der Waals surface area contributed by atoms with Crippen LogP contribution in [0.3, 0.4) is 0 Å². The third-order valence-corrected chi connectivity index (χ3v) is 8.43. The van der Waals surface area contributed by atoms with E-state index in [1.165, 1.54) is 17.4 Å². The second-order valence-corrected chi connectivity index (χ2v) is 11.0. The quantitative estimate of drug-likeness (QED) is 0.455. The number of nitriles is 1. The number of hydrogen-bond donors (Lipinski definition) is 1. The summed E-state index contributed by atoms with van der Waals surface area (Å²) < 4.78 is 39.3. The number of piperidine rings is 1. The maximum absolute atomic E-state index is 13.1. The summed E-state index contributed by atoms with van der Waals surface area (Å²) in [6, 6.07) is 13.9. The van der Waals surface area contributed by atoms with Crippen molar-refractivity contribution in [1.82, 2.24) is 15.2 Å². The second-order valence-electron chi connectivity index (χ2n) is 10.2. The van der Waals surface area contributed by atoms with E-state index in [1.807, 2.05) is 11.0 Å². The maximum Gasteiger partial charge on any atom is 0.416 e. The molecular formula is C29H29F3N6O2S. The van der Waals surface area contributed by atoms with Crippen LogP contribution in [0.15, 0.2) is 53.9 Å². The number of nitrogens with one attached hydrogen (secondary N) is 1. The Morgan fingerprint density at radius 2 is 1.71 bits per heavy atom. The summed E-state index contributed by atoms with van der Waals surface area (Å²) in [5, 5.41) is 14.4. The summed E-state index contributed by atoms with van der Waals surface area (Å²) in [7, 11) is 0. The van der Waals surface area contributed by atoms with Gasteiger partial charge in [0.25, 0.3) is 11.8 Å². The molecular weight excluding hydrogens is 553 g/mol. The molecule has 214 valence electrons. The molecule has 2 amide bonds. The van der Waals surface area contributed by atoms with Crippen LogP contribution in [0.1, 0.15) is 44.8 Å². The number of anilines is 2. The fourth-order valence-electron chi connectivity index (χ4n) is 5.08. The number of nitrogens with zero attached hydrogens (tertiary/aromatic N) is 5. The average Bonchev–Trinajstić information content (AvgIpc) is 3.50. The number of hydrogen-bond acceptors (Lipinski definition) is 7. The van der Waals surface area contributed by atoms with Gasteiger partial charge < -0.3 is 20.0 Å². The average molecular weight is 583 g/mol. The molecule has 12 heteroatoms. The van der Waals surface area contributed by atoms with Gasteiger partial charge in [0.1, 0.15) is 5.69 Å². The topological polar surface area (TPSA) is 92.6 Å². The van der Waals surface area contributed by atoms with E-state index in [1.54, 1.807) is 40.6 Å². The fraction of sp³-hybridized carbons (Fsp3) is 0.379. The third kappa shape index (κ3) is 6.79. The van der Waals surface area contributed by atoms with Gasteiger partial charge in [0.15, 0.2) is 5.13 Å². The molecule has 0 saturated carbocycles. The highest BCUT2D eigenvalue weighted by molar-refractivity contribution is 7.13. The van der Waals surface area contributed by atoms with Crippen molar-refractivity contribution >= 4 is 34.0 Å². The van der Waals surface area contributed by atoms with Gasteiger partial charge in [-0.25, -0.2) is 4.98 Å². The van der Waals surface area contributed by atoms with Crippen molar-refractivity contribution in [1.29, 1.82) is 5.26 Å². The van der Waals surface area contributed by atoms with Crippen molar-refractivity contribution in [3.05, 3.63) is 76.3 Å². The minimum Gasteiger partial charge on any atom is -0.368 e. The van der Waals surface area contributed by atoms with Crippen molar-refractivity contribution in [2.45, 2.75) is 19.0 Å². The standard InChI is InChI=1S/C29H29F3N6O2S/c30-29(31,32)23-2-1-3-24(16-23)36-12-14-37(15-13-36)27(40)25-19-41-28(35-25)38-10-8-21(9-11-38)18-34-26(39)22-6-4-20(17-33)5-7-22/h1-7,16,19,21H,8-15,18H2,(H,34,39). The van der Waals surface area contributed by atoms with Crippen LogP contribution in [-0.4, -0.2) is 67.5 Å². The van der Waals surface area contributed by atoms with Crippen LogP contribution in [0, 0.1) is 17.2 Å². The predicted molar refractivity (Wildman–Crippen MR) is 150 cm³/mol. The van der Waals surface area contributed by atoms with E-state index in [4.69, 9.17) is 5.26 Å². The first-order valence-corrected chi connectivity index (χ1v) is 14.3. The molecule has 5 rings (SSSR count). The molecule has 0 atom stereocenters. The van der Waals surface area contributed by atoms with Crippen molar-refractivity contribution < 1.29 is 22.8 Å². The Labute approximate surface area is 240 Å². The van der Waals surface area contributed by atoms with Crippen molar-refractivity contribution in [3.8, 4) is 6.07 Å². The highest BCUT2D eigenvalue weighted by Gasteiger charge is 2.32. The molecule has 0 bridgehead atoms. The van der Waals surface area contributed by atoms with Crippen molar-refractivity contribution in [2.24, 2.45) is 5.92 Å². The van der Waals surface area contributed by atoms with Gasteiger partial charge in [0.2, 0.25) is 0 Å². The lowest BCUT2D eigenvalue weighted by molar-refractivity contribution is -0.137. The number of carbonyl (C=O) groups excluding carboxylic acids is 2. The molecule has 41 heavy (non-hydrogen) atoms. The summed E-state index contributed by atoms with van der Waals surface area (Å²) in [5.74, 6) is 0.00928. The summed E-state index contributed by atoms with van der Waals surface area (Å²) in [6.07, 6.45) is -2.63. The highest BCUT2D eigenvalue weighted by Crippen LogP contribution is 2.32. The molecule has 2 aliphatic rings. The number of carbonyl (C=O) groups is 2. The number of aromatic nitrogens is 1. The molecule has 3 heterocycles. The lowest BCUT2D eigenvalue weighted by Gasteiger charge is -2.36. The molecule has 8 nitrogen and oxygen atoms in total. The first-order valence-electron chi connectivity index (χ1n) is 13.4. The van der Waals surface area contributed by atoms with Gasteiger partial charge in [0.05, 0.1) is 17.2 Å². The van der Waals surface area contributed by atoms with E-state index < -0.39 is 11.7 Å². The Morgan fingerprint density at radius 1 is 1.00 bits per heavy atom. The Bertz CT molecular complexity index is 1420. The Morgan fingerprint density at radius 3 is 2.37 bits per heavy atom. The highest BCUT2D eigenvalue weighted by atomic mass is 32.1.